The van der Waals surface area contributed by atoms with E-state index in [1.54, 1.807) is 12.1 Å². The lowest BCUT2D eigenvalue weighted by molar-refractivity contribution is 0.168. The Kier molecular flexibility index (Phi) is 4.55. The van der Waals surface area contributed by atoms with Gasteiger partial charge in [-0.25, -0.2) is 0 Å². The van der Waals surface area contributed by atoms with Crippen LogP contribution >= 0.6 is 0 Å². The molecule has 0 bridgehead atoms. The Labute approximate surface area is 143 Å². The second kappa shape index (κ2) is 6.48. The lowest BCUT2D eigenvalue weighted by Crippen LogP contribution is -2.26. The fraction of sp³-hybridized carbons (Fsp3) is 0.429. The summed E-state index contributed by atoms with van der Waals surface area (Å²) in [7, 11) is 0. The van der Waals surface area contributed by atoms with Crippen molar-refractivity contribution < 1.29 is 15.3 Å². The Morgan fingerprint density at radius 3 is 2.42 bits per heavy atom. The van der Waals surface area contributed by atoms with Crippen LogP contribution in [0.25, 0.3) is 5.57 Å². The number of aliphatic hydroxyl groups excluding tert-OH is 1. The van der Waals surface area contributed by atoms with E-state index in [2.05, 4.69) is 12.7 Å². The molecule has 0 fully saturated rings. The molecule has 0 amide bonds. The van der Waals surface area contributed by atoms with Crippen molar-refractivity contribution in [3.05, 3.63) is 53.1 Å². The third kappa shape index (κ3) is 3.01. The molecule has 128 valence electrons. The van der Waals surface area contributed by atoms with Crippen molar-refractivity contribution in [2.45, 2.75) is 51.6 Å². The third-order valence-corrected chi connectivity index (χ3v) is 5.39. The second-order valence-electron chi connectivity index (χ2n) is 7.19. The first-order chi connectivity index (χ1) is 11.4. The van der Waals surface area contributed by atoms with E-state index in [0.717, 1.165) is 36.0 Å². The van der Waals surface area contributed by atoms with Crippen molar-refractivity contribution in [3.63, 3.8) is 0 Å². The molecule has 3 heteroatoms. The zero-order valence-corrected chi connectivity index (χ0v) is 14.4. The van der Waals surface area contributed by atoms with Gasteiger partial charge in [-0.1, -0.05) is 24.3 Å². The average molecular weight is 326 g/mol. The van der Waals surface area contributed by atoms with Crippen LogP contribution in [-0.4, -0.2) is 21.4 Å². The monoisotopic (exact) mass is 326 g/mol. The van der Waals surface area contributed by atoms with Gasteiger partial charge in [-0.3, -0.25) is 0 Å². The van der Waals surface area contributed by atoms with Gasteiger partial charge in [0.25, 0.3) is 0 Å². The van der Waals surface area contributed by atoms with Gasteiger partial charge in [0.1, 0.15) is 11.5 Å². The maximum Gasteiger partial charge on any atom is 0.123 e. The van der Waals surface area contributed by atoms with Crippen molar-refractivity contribution in [1.29, 1.82) is 0 Å². The first-order valence-electron chi connectivity index (χ1n) is 8.65. The van der Waals surface area contributed by atoms with Gasteiger partial charge < -0.3 is 15.3 Å². The van der Waals surface area contributed by atoms with Crippen molar-refractivity contribution in [2.24, 2.45) is 5.92 Å². The predicted octanol–water partition coefficient (Wildman–Crippen LogP) is 4.65. The highest BCUT2D eigenvalue weighted by atomic mass is 16.3. The van der Waals surface area contributed by atoms with Gasteiger partial charge in [-0.05, 0) is 74.3 Å². The molecule has 24 heavy (non-hydrogen) atoms. The van der Waals surface area contributed by atoms with E-state index < -0.39 is 6.10 Å². The summed E-state index contributed by atoms with van der Waals surface area (Å²) in [5.74, 6) is 0.0681. The topological polar surface area (TPSA) is 60.7 Å². The van der Waals surface area contributed by atoms with Gasteiger partial charge >= 0.3 is 0 Å². The predicted molar refractivity (Wildman–Crippen MR) is 97.0 cm³/mol. The zero-order chi connectivity index (χ0) is 17.4. The van der Waals surface area contributed by atoms with Gasteiger partial charge in [0.2, 0.25) is 0 Å². The summed E-state index contributed by atoms with van der Waals surface area (Å²) in [6, 6.07) is 3.52. The molecule has 2 aliphatic carbocycles. The summed E-state index contributed by atoms with van der Waals surface area (Å²) in [5.41, 5.74) is 4.45. The Hall–Kier alpha value is -2.00. The van der Waals surface area contributed by atoms with Crippen LogP contribution in [0.2, 0.25) is 0 Å². The number of aliphatic hydroxyl groups is 1. The highest BCUT2D eigenvalue weighted by molar-refractivity contribution is 5.71. The molecule has 0 spiro atoms. The number of aromatic hydroxyl groups is 2. The summed E-state index contributed by atoms with van der Waals surface area (Å²) in [4.78, 5) is 0. The number of hydrogen-bond donors (Lipinski definition) is 3. The minimum atomic E-state index is -0.491. The lowest BCUT2D eigenvalue weighted by Gasteiger charge is -2.34. The normalized spacial score (nSPS) is 26.9. The molecule has 0 aromatic heterocycles. The van der Waals surface area contributed by atoms with Gasteiger partial charge in [-0.15, -0.1) is 0 Å². The van der Waals surface area contributed by atoms with Crippen LogP contribution in [-0.2, 0) is 0 Å². The minimum absolute atomic E-state index is 0.00274. The Morgan fingerprint density at radius 1 is 1.21 bits per heavy atom. The standard InChI is InChI=1S/C21H26O3/c1-12(2)16-11-18(22)13(3)8-17(16)21-19(23)9-15(10-20(21)24)14-6-4-5-7-14/h6,8-10,16-18,22-24H,1,4-5,7,11H2,2-3H3/t16-,17+,18-/m0/s1. The fourth-order valence-corrected chi connectivity index (χ4v) is 3.96. The maximum absolute atomic E-state index is 10.6. The molecule has 0 unspecified atom stereocenters. The largest absolute Gasteiger partial charge is 0.507 e. The highest BCUT2D eigenvalue weighted by Crippen LogP contribution is 2.47. The van der Waals surface area contributed by atoms with Crippen LogP contribution in [0.5, 0.6) is 11.5 Å². The van der Waals surface area contributed by atoms with E-state index in [-0.39, 0.29) is 23.3 Å². The molecule has 3 N–H and O–H groups in total. The molecule has 1 aromatic rings. The van der Waals surface area contributed by atoms with Crippen molar-refractivity contribution in [3.8, 4) is 11.5 Å². The molecule has 0 heterocycles. The van der Waals surface area contributed by atoms with Crippen LogP contribution in [0.15, 0.2) is 42.0 Å². The maximum atomic E-state index is 10.6. The molecule has 0 aliphatic heterocycles. The Balaban J connectivity index is 2.05. The first kappa shape index (κ1) is 16.8. The SMILES string of the molecule is C=C(C)[C@@H]1C[C@H](O)C(C)=C[C@H]1c1c(O)cc(C2=CCCC2)cc1O. The fourth-order valence-electron chi connectivity index (χ4n) is 3.96. The quantitative estimate of drug-likeness (QED) is 0.708. The average Bonchev–Trinajstić information content (AvgIpc) is 3.03. The number of rotatable bonds is 3. The van der Waals surface area contributed by atoms with Crippen LogP contribution in [0.4, 0.5) is 0 Å². The summed E-state index contributed by atoms with van der Waals surface area (Å²) in [6.07, 6.45) is 7.37. The molecular formula is C21H26O3. The van der Waals surface area contributed by atoms with Gasteiger partial charge in [-0.2, -0.15) is 0 Å². The number of phenolic OH excluding ortho intramolecular Hbond substituents is 2. The summed E-state index contributed by atoms with van der Waals surface area (Å²) in [5, 5.41) is 31.4. The van der Waals surface area contributed by atoms with Crippen LogP contribution in [0.1, 0.15) is 56.6 Å². The Bertz CT molecular complexity index is 704. The van der Waals surface area contributed by atoms with E-state index >= 15 is 0 Å². The van der Waals surface area contributed by atoms with Crippen molar-refractivity contribution in [1.82, 2.24) is 0 Å². The second-order valence-corrected chi connectivity index (χ2v) is 7.19. The van der Waals surface area contributed by atoms with Gasteiger partial charge in [0, 0.05) is 11.5 Å². The smallest absolute Gasteiger partial charge is 0.123 e. The number of benzene rings is 1. The molecule has 0 saturated heterocycles. The number of phenols is 2. The van der Waals surface area contributed by atoms with E-state index in [1.165, 1.54) is 5.57 Å². The van der Waals surface area contributed by atoms with Gasteiger partial charge in [0.05, 0.1) is 6.10 Å². The third-order valence-electron chi connectivity index (χ3n) is 5.39. The molecule has 2 aliphatic rings. The summed E-state index contributed by atoms with van der Waals surface area (Å²) >= 11 is 0. The number of allylic oxidation sites excluding steroid dienone is 4. The summed E-state index contributed by atoms with van der Waals surface area (Å²) in [6.45, 7) is 7.86. The van der Waals surface area contributed by atoms with Crippen molar-refractivity contribution in [2.75, 3.05) is 0 Å². The van der Waals surface area contributed by atoms with E-state index in [9.17, 15) is 15.3 Å². The lowest BCUT2D eigenvalue weighted by atomic mass is 9.72. The van der Waals surface area contributed by atoms with Crippen molar-refractivity contribution >= 4 is 5.57 Å². The highest BCUT2D eigenvalue weighted by Gasteiger charge is 2.33. The molecule has 3 nitrogen and oxygen atoms in total. The zero-order valence-electron chi connectivity index (χ0n) is 14.4. The van der Waals surface area contributed by atoms with Crippen LogP contribution in [0, 0.1) is 5.92 Å². The van der Waals surface area contributed by atoms with E-state index in [0.29, 0.717) is 12.0 Å². The molecule has 3 rings (SSSR count). The molecule has 1 aromatic carbocycles. The van der Waals surface area contributed by atoms with E-state index in [4.69, 9.17) is 0 Å². The summed E-state index contributed by atoms with van der Waals surface area (Å²) < 4.78 is 0. The van der Waals surface area contributed by atoms with E-state index in [1.807, 2.05) is 19.9 Å². The van der Waals surface area contributed by atoms with Crippen LogP contribution in [0.3, 0.4) is 0 Å². The van der Waals surface area contributed by atoms with Crippen LogP contribution < -0.4 is 0 Å². The molecule has 0 saturated carbocycles. The molecule has 3 atom stereocenters. The number of hydrogen-bond acceptors (Lipinski definition) is 3. The Morgan fingerprint density at radius 2 is 1.88 bits per heavy atom. The minimum Gasteiger partial charge on any atom is -0.507 e. The van der Waals surface area contributed by atoms with Gasteiger partial charge in [0.15, 0.2) is 0 Å². The molecular weight excluding hydrogens is 300 g/mol. The first-order valence-corrected chi connectivity index (χ1v) is 8.65. The molecule has 0 radical (unpaired) electrons.